The summed E-state index contributed by atoms with van der Waals surface area (Å²) in [7, 11) is 0. The number of nitro groups is 1. The first-order valence-corrected chi connectivity index (χ1v) is 12.2. The lowest BCUT2D eigenvalue weighted by Crippen LogP contribution is -2.54. The van der Waals surface area contributed by atoms with Gasteiger partial charge in [-0.15, -0.1) is 0 Å². The van der Waals surface area contributed by atoms with Crippen molar-refractivity contribution in [3.63, 3.8) is 0 Å². The number of carbonyl (C=O) groups is 3. The van der Waals surface area contributed by atoms with Crippen LogP contribution in [0.15, 0.2) is 95.0 Å². The molecule has 0 spiro atoms. The number of fused-ring (bicyclic) bond motifs is 1. The summed E-state index contributed by atoms with van der Waals surface area (Å²) < 4.78 is 6.99. The van der Waals surface area contributed by atoms with E-state index in [0.717, 1.165) is 26.9 Å². The highest BCUT2D eigenvalue weighted by molar-refractivity contribution is 9.10. The summed E-state index contributed by atoms with van der Waals surface area (Å²) in [6, 6.07) is 22.7. The van der Waals surface area contributed by atoms with Crippen LogP contribution in [0.1, 0.15) is 11.1 Å². The lowest BCUT2D eigenvalue weighted by Gasteiger charge is -2.26. The van der Waals surface area contributed by atoms with Gasteiger partial charge in [-0.05, 0) is 35.0 Å². The van der Waals surface area contributed by atoms with Crippen molar-refractivity contribution in [3.8, 4) is 5.75 Å². The largest absolute Gasteiger partial charge is 0.488 e. The number of ether oxygens (including phenoxy) is 1. The first kappa shape index (κ1) is 24.8. The van der Waals surface area contributed by atoms with Gasteiger partial charge in [-0.3, -0.25) is 25.0 Å². The zero-order valence-corrected chi connectivity index (χ0v) is 21.2. The summed E-state index contributed by atoms with van der Waals surface area (Å²) in [5, 5.41) is 15.0. The summed E-state index contributed by atoms with van der Waals surface area (Å²) in [6.45, 7) is 0.217. The molecule has 1 fully saturated rings. The molecule has 4 aromatic carbocycles. The van der Waals surface area contributed by atoms with Gasteiger partial charge < -0.3 is 4.74 Å². The Hall–Kier alpha value is -4.83. The van der Waals surface area contributed by atoms with Crippen LogP contribution in [0.2, 0.25) is 0 Å². The number of nitrogens with zero attached hydrogens (tertiary/aromatic N) is 2. The molecule has 4 aromatic rings. The van der Waals surface area contributed by atoms with Crippen LogP contribution in [-0.4, -0.2) is 22.8 Å². The Balaban J connectivity index is 1.59. The number of hydrogen-bond acceptors (Lipinski definition) is 6. The van der Waals surface area contributed by atoms with Crippen molar-refractivity contribution in [3.05, 3.63) is 116 Å². The molecule has 5 rings (SSSR count). The van der Waals surface area contributed by atoms with Crippen LogP contribution >= 0.6 is 15.9 Å². The minimum atomic E-state index is -0.999. The molecule has 38 heavy (non-hydrogen) atoms. The molecule has 0 aromatic heterocycles. The molecular formula is C28H18BrN3O6. The number of rotatable bonds is 6. The zero-order chi connectivity index (χ0) is 26.8. The average molecular weight is 572 g/mol. The third kappa shape index (κ3) is 4.76. The number of benzene rings is 4. The van der Waals surface area contributed by atoms with Crippen LogP contribution < -0.4 is 15.0 Å². The summed E-state index contributed by atoms with van der Waals surface area (Å²) in [6.07, 6.45) is 1.38. The molecule has 1 saturated heterocycles. The smallest absolute Gasteiger partial charge is 0.335 e. The second-order valence-corrected chi connectivity index (χ2v) is 9.17. The molecule has 0 saturated carbocycles. The van der Waals surface area contributed by atoms with E-state index in [2.05, 4.69) is 21.2 Å². The number of carbonyl (C=O) groups excluding carboxylic acids is 3. The fourth-order valence-corrected chi connectivity index (χ4v) is 4.50. The van der Waals surface area contributed by atoms with Gasteiger partial charge >= 0.3 is 6.03 Å². The molecule has 1 aliphatic rings. The summed E-state index contributed by atoms with van der Waals surface area (Å²) in [5.41, 5.74) is 0.708. The SMILES string of the molecule is O=C1NC(=O)N(c2cccc([N+](=O)[O-])c2)C(=O)/C1=C/c1c(OCc2ccccc2Br)ccc2ccccc12. The summed E-state index contributed by atoms with van der Waals surface area (Å²) >= 11 is 3.50. The highest BCUT2D eigenvalue weighted by Gasteiger charge is 2.37. The van der Waals surface area contributed by atoms with Crippen molar-refractivity contribution in [2.24, 2.45) is 0 Å². The maximum Gasteiger partial charge on any atom is 0.335 e. The van der Waals surface area contributed by atoms with Crippen LogP contribution in [0.5, 0.6) is 5.75 Å². The van der Waals surface area contributed by atoms with Crippen molar-refractivity contribution in [1.82, 2.24) is 5.32 Å². The quantitative estimate of drug-likeness (QED) is 0.136. The Labute approximate surface area is 224 Å². The molecule has 0 unspecified atom stereocenters. The molecule has 1 heterocycles. The number of nitrogens with one attached hydrogen (secondary N) is 1. The highest BCUT2D eigenvalue weighted by atomic mass is 79.9. The van der Waals surface area contributed by atoms with Gasteiger partial charge in [0.05, 0.1) is 10.6 Å². The molecule has 1 aliphatic heterocycles. The van der Waals surface area contributed by atoms with Crippen molar-refractivity contribution in [1.29, 1.82) is 0 Å². The maximum absolute atomic E-state index is 13.5. The van der Waals surface area contributed by atoms with Gasteiger partial charge in [0.2, 0.25) is 0 Å². The zero-order valence-electron chi connectivity index (χ0n) is 19.6. The van der Waals surface area contributed by atoms with E-state index in [-0.39, 0.29) is 23.6 Å². The van der Waals surface area contributed by atoms with Crippen LogP contribution in [0.25, 0.3) is 16.8 Å². The minimum absolute atomic E-state index is 0.0385. The number of urea groups is 1. The molecule has 4 amide bonds. The molecule has 188 valence electrons. The number of hydrogen-bond donors (Lipinski definition) is 1. The Morgan fingerprint density at radius 3 is 2.50 bits per heavy atom. The number of anilines is 1. The van der Waals surface area contributed by atoms with E-state index in [1.807, 2.05) is 54.6 Å². The number of imide groups is 2. The van der Waals surface area contributed by atoms with Gasteiger partial charge in [0.15, 0.2) is 0 Å². The molecule has 1 N–H and O–H groups in total. The fraction of sp³-hybridized carbons (Fsp3) is 0.0357. The number of halogens is 1. The summed E-state index contributed by atoms with van der Waals surface area (Å²) in [4.78, 5) is 50.2. The Morgan fingerprint density at radius 2 is 1.71 bits per heavy atom. The molecule has 0 atom stereocenters. The van der Waals surface area contributed by atoms with E-state index in [1.54, 1.807) is 6.07 Å². The first-order chi connectivity index (χ1) is 18.3. The Bertz CT molecular complexity index is 1670. The predicted molar refractivity (Wildman–Crippen MR) is 145 cm³/mol. The van der Waals surface area contributed by atoms with Gasteiger partial charge in [0.1, 0.15) is 17.9 Å². The molecule has 0 bridgehead atoms. The molecule has 0 radical (unpaired) electrons. The van der Waals surface area contributed by atoms with E-state index >= 15 is 0 Å². The third-order valence-corrected chi connectivity index (χ3v) is 6.73. The third-order valence-electron chi connectivity index (χ3n) is 5.96. The predicted octanol–water partition coefficient (Wildman–Crippen LogP) is 5.76. The Morgan fingerprint density at radius 1 is 0.947 bits per heavy atom. The molecule has 9 nitrogen and oxygen atoms in total. The van der Waals surface area contributed by atoms with E-state index in [9.17, 15) is 24.5 Å². The highest BCUT2D eigenvalue weighted by Crippen LogP contribution is 2.33. The molecular weight excluding hydrogens is 554 g/mol. The van der Waals surface area contributed by atoms with Crippen molar-refractivity contribution in [2.45, 2.75) is 6.61 Å². The second kappa shape index (κ2) is 10.3. The average Bonchev–Trinajstić information content (AvgIpc) is 2.91. The Kier molecular flexibility index (Phi) is 6.71. The monoisotopic (exact) mass is 571 g/mol. The van der Waals surface area contributed by atoms with Crippen LogP contribution in [-0.2, 0) is 16.2 Å². The second-order valence-electron chi connectivity index (χ2n) is 8.31. The van der Waals surface area contributed by atoms with E-state index in [1.165, 1.54) is 24.3 Å². The van der Waals surface area contributed by atoms with Gasteiger partial charge in [0, 0.05) is 27.7 Å². The topological polar surface area (TPSA) is 119 Å². The van der Waals surface area contributed by atoms with Crippen molar-refractivity contribution in [2.75, 3.05) is 4.90 Å². The maximum atomic E-state index is 13.5. The first-order valence-electron chi connectivity index (χ1n) is 11.4. The lowest BCUT2D eigenvalue weighted by molar-refractivity contribution is -0.384. The van der Waals surface area contributed by atoms with Crippen molar-refractivity contribution >= 4 is 62.0 Å². The summed E-state index contributed by atoms with van der Waals surface area (Å²) in [5.74, 6) is -1.37. The van der Waals surface area contributed by atoms with Gasteiger partial charge in [-0.2, -0.15) is 0 Å². The number of nitro benzene ring substituents is 1. The lowest BCUT2D eigenvalue weighted by atomic mass is 9.99. The standard InChI is InChI=1S/C28H18BrN3O6/c29-24-11-4-2-7-18(24)16-38-25-13-12-17-6-1-3-10-21(17)22(25)15-23-26(33)30-28(35)31(27(23)34)19-8-5-9-20(14-19)32(36)37/h1-15H,16H2,(H,30,33,35)/b23-15+. The van der Waals surface area contributed by atoms with Crippen molar-refractivity contribution < 1.29 is 24.0 Å². The van der Waals surface area contributed by atoms with E-state index in [0.29, 0.717) is 16.2 Å². The van der Waals surface area contributed by atoms with Gasteiger partial charge in [0.25, 0.3) is 17.5 Å². The van der Waals surface area contributed by atoms with Crippen LogP contribution in [0, 0.1) is 10.1 Å². The molecule has 0 aliphatic carbocycles. The minimum Gasteiger partial charge on any atom is -0.488 e. The fourth-order valence-electron chi connectivity index (χ4n) is 4.10. The number of amides is 4. The van der Waals surface area contributed by atoms with E-state index in [4.69, 9.17) is 4.74 Å². The molecule has 10 heteroatoms. The normalized spacial score (nSPS) is 14.6. The van der Waals surface area contributed by atoms with Gasteiger partial charge in [-0.1, -0.05) is 70.5 Å². The van der Waals surface area contributed by atoms with Gasteiger partial charge in [-0.25, -0.2) is 9.69 Å². The number of barbiturate groups is 1. The number of non-ortho nitro benzene ring substituents is 1. The van der Waals surface area contributed by atoms with E-state index < -0.39 is 22.8 Å². The van der Waals surface area contributed by atoms with Crippen LogP contribution in [0.3, 0.4) is 0 Å². The van der Waals surface area contributed by atoms with Crippen LogP contribution in [0.4, 0.5) is 16.2 Å².